The molecule has 0 unspecified atom stereocenters. The highest BCUT2D eigenvalue weighted by Gasteiger charge is 2.29. The Balaban J connectivity index is 1.41. The second-order valence-corrected chi connectivity index (χ2v) is 5.69. The van der Waals surface area contributed by atoms with E-state index in [0.29, 0.717) is 41.7 Å². The van der Waals surface area contributed by atoms with Crippen molar-refractivity contribution < 1.29 is 23.5 Å². The highest BCUT2D eigenvalue weighted by atomic mass is 19.1. The van der Waals surface area contributed by atoms with Gasteiger partial charge in [-0.3, -0.25) is 4.79 Å². The third-order valence-corrected chi connectivity index (χ3v) is 3.93. The lowest BCUT2D eigenvalue weighted by Gasteiger charge is -2.19. The van der Waals surface area contributed by atoms with Gasteiger partial charge in [0.25, 0.3) is 5.91 Å². The smallest absolute Gasteiger partial charge is 0.268 e. The topological polar surface area (TPSA) is 69.2 Å². The molecule has 0 aromatic heterocycles. The number of carbonyl (C=O) groups excluding carboxylic acids is 1. The largest absolute Gasteiger partial charge is 0.486 e. The highest BCUT2D eigenvalue weighted by molar-refractivity contribution is 6.06. The number of fused-ring (bicyclic) bond motifs is 1. The van der Waals surface area contributed by atoms with Crippen LogP contribution >= 0.6 is 0 Å². The molecule has 0 spiro atoms. The summed E-state index contributed by atoms with van der Waals surface area (Å²) in [5, 5.41) is 6.68. The van der Waals surface area contributed by atoms with E-state index in [4.69, 9.17) is 14.3 Å². The predicted octanol–water partition coefficient (Wildman–Crippen LogP) is 2.73. The molecule has 2 aromatic carbocycles. The molecule has 2 aromatic rings. The summed E-state index contributed by atoms with van der Waals surface area (Å²) >= 11 is 0. The van der Waals surface area contributed by atoms with E-state index in [1.165, 1.54) is 12.1 Å². The number of hydrogen-bond acceptors (Lipinski definition) is 5. The van der Waals surface area contributed by atoms with Gasteiger partial charge in [0.05, 0.1) is 5.71 Å². The quantitative estimate of drug-likeness (QED) is 0.931. The van der Waals surface area contributed by atoms with Gasteiger partial charge in [0.15, 0.2) is 11.5 Å². The van der Waals surface area contributed by atoms with Gasteiger partial charge in [-0.15, -0.1) is 0 Å². The van der Waals surface area contributed by atoms with E-state index in [-0.39, 0.29) is 18.1 Å². The van der Waals surface area contributed by atoms with Crippen molar-refractivity contribution in [3.8, 4) is 11.5 Å². The van der Waals surface area contributed by atoms with Crippen LogP contribution in [0.1, 0.15) is 12.0 Å². The van der Waals surface area contributed by atoms with E-state index in [1.54, 1.807) is 30.3 Å². The molecular weight excluding hydrogens is 327 g/mol. The lowest BCUT2D eigenvalue weighted by Crippen LogP contribution is -2.28. The summed E-state index contributed by atoms with van der Waals surface area (Å²) in [6, 6.07) is 11.2. The number of nitrogens with one attached hydrogen (secondary N) is 1. The lowest BCUT2D eigenvalue weighted by atomic mass is 10.0. The van der Waals surface area contributed by atoms with Crippen LogP contribution < -0.4 is 14.8 Å². The van der Waals surface area contributed by atoms with Crippen molar-refractivity contribution in [1.82, 2.24) is 0 Å². The lowest BCUT2D eigenvalue weighted by molar-refractivity contribution is -0.125. The van der Waals surface area contributed by atoms with Gasteiger partial charge in [-0.2, -0.15) is 0 Å². The number of nitrogens with zero attached hydrogens (tertiary/aromatic N) is 1. The van der Waals surface area contributed by atoms with Gasteiger partial charge < -0.3 is 19.6 Å². The maximum Gasteiger partial charge on any atom is 0.268 e. The number of carbonyl (C=O) groups is 1. The van der Waals surface area contributed by atoms with E-state index in [2.05, 4.69) is 10.5 Å². The van der Waals surface area contributed by atoms with E-state index in [0.717, 1.165) is 0 Å². The molecule has 7 heteroatoms. The van der Waals surface area contributed by atoms with E-state index in [1.807, 2.05) is 0 Å². The molecule has 25 heavy (non-hydrogen) atoms. The standard InChI is InChI=1S/C18H15FN2O4/c19-12-3-1-2-11(8-12)14-10-17(25-21-14)18(22)20-13-4-5-15-16(9-13)24-7-6-23-15/h1-5,8-9,17H,6-7,10H2,(H,20,22)/t17-/m0/s1. The van der Waals surface area contributed by atoms with Crippen LogP contribution in [0.5, 0.6) is 11.5 Å². The number of oxime groups is 1. The fraction of sp³-hybridized carbons (Fsp3) is 0.222. The van der Waals surface area contributed by atoms with E-state index in [9.17, 15) is 9.18 Å². The van der Waals surface area contributed by atoms with Crippen molar-refractivity contribution in [2.45, 2.75) is 12.5 Å². The van der Waals surface area contributed by atoms with Gasteiger partial charge in [0, 0.05) is 23.7 Å². The second kappa shape index (κ2) is 6.43. The van der Waals surface area contributed by atoms with Gasteiger partial charge in [0.1, 0.15) is 19.0 Å². The van der Waals surface area contributed by atoms with Gasteiger partial charge in [-0.25, -0.2) is 4.39 Å². The molecule has 0 saturated carbocycles. The number of benzene rings is 2. The van der Waals surface area contributed by atoms with Crippen molar-refractivity contribution in [3.63, 3.8) is 0 Å². The second-order valence-electron chi connectivity index (χ2n) is 5.69. The summed E-state index contributed by atoms with van der Waals surface area (Å²) in [4.78, 5) is 17.6. The molecule has 0 aliphatic carbocycles. The van der Waals surface area contributed by atoms with Gasteiger partial charge in [-0.1, -0.05) is 17.3 Å². The van der Waals surface area contributed by atoms with Crippen molar-refractivity contribution in [2.24, 2.45) is 5.16 Å². The first-order valence-electron chi connectivity index (χ1n) is 7.88. The molecule has 2 heterocycles. The predicted molar refractivity (Wildman–Crippen MR) is 88.5 cm³/mol. The monoisotopic (exact) mass is 342 g/mol. The zero-order chi connectivity index (χ0) is 17.2. The SMILES string of the molecule is O=C(Nc1ccc2c(c1)OCCO2)[C@@H]1CC(c2cccc(F)c2)=NO1. The molecule has 0 saturated heterocycles. The summed E-state index contributed by atoms with van der Waals surface area (Å²) in [6.07, 6.45) is -0.480. The Kier molecular flexibility index (Phi) is 3.97. The fourth-order valence-corrected chi connectivity index (χ4v) is 2.70. The maximum absolute atomic E-state index is 13.3. The molecule has 1 atom stereocenters. The van der Waals surface area contributed by atoms with Crippen molar-refractivity contribution >= 4 is 17.3 Å². The maximum atomic E-state index is 13.3. The molecule has 4 rings (SSSR count). The summed E-state index contributed by atoms with van der Waals surface area (Å²) in [7, 11) is 0. The van der Waals surface area contributed by atoms with Crippen LogP contribution in [-0.2, 0) is 9.63 Å². The van der Waals surface area contributed by atoms with Crippen molar-refractivity contribution in [3.05, 3.63) is 53.8 Å². The molecular formula is C18H15FN2O4. The highest BCUT2D eigenvalue weighted by Crippen LogP contribution is 2.32. The van der Waals surface area contributed by atoms with Crippen molar-refractivity contribution in [1.29, 1.82) is 0 Å². The third-order valence-electron chi connectivity index (χ3n) is 3.93. The Morgan fingerprint density at radius 1 is 1.12 bits per heavy atom. The van der Waals surface area contributed by atoms with Crippen molar-refractivity contribution in [2.75, 3.05) is 18.5 Å². The number of amides is 1. The number of halogens is 1. The van der Waals surface area contributed by atoms with Gasteiger partial charge in [-0.05, 0) is 24.3 Å². The number of hydrogen-bond donors (Lipinski definition) is 1. The Morgan fingerprint density at radius 2 is 1.96 bits per heavy atom. The average molecular weight is 342 g/mol. The van der Waals surface area contributed by atoms with Crippen LogP contribution in [-0.4, -0.2) is 30.9 Å². The van der Waals surface area contributed by atoms with E-state index < -0.39 is 6.10 Å². The van der Waals surface area contributed by atoms with Crippen LogP contribution in [0.4, 0.5) is 10.1 Å². The Morgan fingerprint density at radius 3 is 2.80 bits per heavy atom. The zero-order valence-electron chi connectivity index (χ0n) is 13.2. The van der Waals surface area contributed by atoms with Crippen LogP contribution in [0.2, 0.25) is 0 Å². The number of ether oxygens (including phenoxy) is 2. The summed E-state index contributed by atoms with van der Waals surface area (Å²) in [5.74, 6) is 0.558. The van der Waals surface area contributed by atoms with E-state index >= 15 is 0 Å². The third kappa shape index (κ3) is 3.26. The van der Waals surface area contributed by atoms with Crippen LogP contribution in [0.25, 0.3) is 0 Å². The Hall–Kier alpha value is -3.09. The first-order chi connectivity index (χ1) is 12.2. The first-order valence-corrected chi connectivity index (χ1v) is 7.88. The molecule has 0 bridgehead atoms. The van der Waals surface area contributed by atoms with Gasteiger partial charge in [0.2, 0.25) is 6.10 Å². The number of rotatable bonds is 3. The fourth-order valence-electron chi connectivity index (χ4n) is 2.70. The molecule has 1 amide bonds. The number of anilines is 1. The average Bonchev–Trinajstić information content (AvgIpc) is 3.12. The molecule has 0 radical (unpaired) electrons. The minimum atomic E-state index is -0.758. The molecule has 2 aliphatic rings. The molecule has 0 fully saturated rings. The summed E-state index contributed by atoms with van der Waals surface area (Å²) in [6.45, 7) is 0.982. The first kappa shape index (κ1) is 15.4. The molecule has 1 N–H and O–H groups in total. The Bertz CT molecular complexity index is 853. The molecule has 6 nitrogen and oxygen atoms in total. The minimum Gasteiger partial charge on any atom is -0.486 e. The summed E-state index contributed by atoms with van der Waals surface area (Å²) < 4.78 is 24.2. The molecule has 2 aliphatic heterocycles. The van der Waals surface area contributed by atoms with Crippen LogP contribution in [0, 0.1) is 5.82 Å². The Labute approximate surface area is 143 Å². The molecule has 128 valence electrons. The summed E-state index contributed by atoms with van der Waals surface area (Å²) in [5.41, 5.74) is 1.73. The van der Waals surface area contributed by atoms with Crippen LogP contribution in [0.15, 0.2) is 47.6 Å². The normalized spacial score (nSPS) is 18.3. The van der Waals surface area contributed by atoms with Gasteiger partial charge >= 0.3 is 0 Å². The van der Waals surface area contributed by atoms with Crippen LogP contribution in [0.3, 0.4) is 0 Å². The zero-order valence-corrected chi connectivity index (χ0v) is 13.2. The minimum absolute atomic E-state index is 0.278.